The lowest BCUT2D eigenvalue weighted by Gasteiger charge is -2.17. The second-order valence-electron chi connectivity index (χ2n) is 5.30. The Bertz CT molecular complexity index is 1110. The van der Waals surface area contributed by atoms with Crippen molar-refractivity contribution in [3.05, 3.63) is 69.8 Å². The molecular formula is C17H8F5NO4. The molecule has 1 heterocycles. The number of nitrogens with zero attached hydrogens (tertiary/aromatic N) is 1. The lowest BCUT2D eigenvalue weighted by atomic mass is 10.1. The van der Waals surface area contributed by atoms with Crippen LogP contribution in [0.15, 0.2) is 41.3 Å². The van der Waals surface area contributed by atoms with Crippen molar-refractivity contribution >= 4 is 16.9 Å². The number of benzene rings is 2. The fraction of sp³-hybridized carbons (Fsp3) is 0.0588. The van der Waals surface area contributed by atoms with Gasteiger partial charge < -0.3 is 14.4 Å². The Morgan fingerprint density at radius 1 is 1.11 bits per heavy atom. The van der Waals surface area contributed by atoms with Crippen LogP contribution in [0.5, 0.6) is 5.75 Å². The van der Waals surface area contributed by atoms with Crippen molar-refractivity contribution in [1.82, 2.24) is 4.57 Å². The van der Waals surface area contributed by atoms with E-state index in [0.717, 1.165) is 35.0 Å². The second kappa shape index (κ2) is 6.71. The summed E-state index contributed by atoms with van der Waals surface area (Å²) in [5.41, 5.74) is -2.69. The predicted molar refractivity (Wildman–Crippen MR) is 83.0 cm³/mol. The molecule has 0 saturated heterocycles. The first-order chi connectivity index (χ1) is 12.7. The van der Waals surface area contributed by atoms with E-state index in [1.165, 1.54) is 0 Å². The van der Waals surface area contributed by atoms with Gasteiger partial charge in [-0.2, -0.15) is 13.2 Å². The molecule has 0 amide bonds. The minimum absolute atomic E-state index is 0.00553. The van der Waals surface area contributed by atoms with Gasteiger partial charge in [-0.3, -0.25) is 4.79 Å². The Morgan fingerprint density at radius 3 is 2.30 bits per heavy atom. The van der Waals surface area contributed by atoms with Crippen molar-refractivity contribution < 1.29 is 36.6 Å². The van der Waals surface area contributed by atoms with E-state index in [4.69, 9.17) is 0 Å². The summed E-state index contributed by atoms with van der Waals surface area (Å²) < 4.78 is 71.4. The van der Waals surface area contributed by atoms with E-state index in [0.29, 0.717) is 6.07 Å². The monoisotopic (exact) mass is 385 g/mol. The predicted octanol–water partition coefficient (Wildman–Crippen LogP) is 3.71. The Labute approximate surface area is 146 Å². The van der Waals surface area contributed by atoms with Gasteiger partial charge in [0.15, 0.2) is 11.6 Å². The minimum atomic E-state index is -3.56. The van der Waals surface area contributed by atoms with Crippen LogP contribution in [0.4, 0.5) is 22.0 Å². The van der Waals surface area contributed by atoms with Gasteiger partial charge in [0.2, 0.25) is 11.2 Å². The van der Waals surface area contributed by atoms with E-state index >= 15 is 0 Å². The zero-order chi connectivity index (χ0) is 19.9. The molecule has 0 fully saturated rings. The largest absolute Gasteiger partial charge is 0.477 e. The number of halogens is 5. The maximum atomic E-state index is 14.1. The van der Waals surface area contributed by atoms with Crippen molar-refractivity contribution in [3.63, 3.8) is 0 Å². The third kappa shape index (κ3) is 3.21. The number of carboxylic acid groups (broad SMARTS) is 1. The van der Waals surface area contributed by atoms with Gasteiger partial charge in [0, 0.05) is 11.9 Å². The molecule has 0 radical (unpaired) electrons. The van der Waals surface area contributed by atoms with E-state index in [2.05, 4.69) is 4.74 Å². The zero-order valence-electron chi connectivity index (χ0n) is 13.1. The molecule has 1 aromatic heterocycles. The number of carbonyl (C=O) groups is 1. The number of carboxylic acids is 1. The van der Waals surface area contributed by atoms with Crippen molar-refractivity contribution in [3.8, 4) is 11.4 Å². The van der Waals surface area contributed by atoms with Crippen LogP contribution in [-0.2, 0) is 0 Å². The molecule has 0 aliphatic rings. The van der Waals surface area contributed by atoms with E-state index in [9.17, 15) is 36.6 Å². The van der Waals surface area contributed by atoms with Gasteiger partial charge in [-0.05, 0) is 30.3 Å². The van der Waals surface area contributed by atoms with E-state index in [-0.39, 0.29) is 5.69 Å². The van der Waals surface area contributed by atoms with Crippen LogP contribution in [0, 0.1) is 17.5 Å². The van der Waals surface area contributed by atoms with Gasteiger partial charge in [0.05, 0.1) is 5.39 Å². The maximum absolute atomic E-state index is 14.1. The van der Waals surface area contributed by atoms with Crippen molar-refractivity contribution in [2.75, 3.05) is 0 Å². The normalized spacial score (nSPS) is 11.2. The summed E-state index contributed by atoms with van der Waals surface area (Å²) in [6.07, 6.45) is 0.732. The van der Waals surface area contributed by atoms with Gasteiger partial charge >= 0.3 is 12.6 Å². The third-order valence-electron chi connectivity index (χ3n) is 3.68. The molecule has 0 unspecified atom stereocenters. The lowest BCUT2D eigenvalue weighted by molar-refractivity contribution is -0.0515. The first-order valence-electron chi connectivity index (χ1n) is 7.22. The van der Waals surface area contributed by atoms with Gasteiger partial charge in [-0.25, -0.2) is 13.6 Å². The third-order valence-corrected chi connectivity index (χ3v) is 3.68. The Hall–Kier alpha value is -3.43. The number of pyridine rings is 1. The number of aromatic carboxylic acids is 1. The van der Waals surface area contributed by atoms with Crippen LogP contribution in [0.1, 0.15) is 10.4 Å². The number of aromatic nitrogens is 1. The highest BCUT2D eigenvalue weighted by atomic mass is 19.3. The average Bonchev–Trinajstić information content (AvgIpc) is 2.60. The lowest BCUT2D eigenvalue weighted by Crippen LogP contribution is -2.20. The summed E-state index contributed by atoms with van der Waals surface area (Å²) in [6.45, 7) is -3.56. The van der Waals surface area contributed by atoms with Crippen LogP contribution in [0.25, 0.3) is 16.6 Å². The molecule has 0 aliphatic carbocycles. The maximum Gasteiger partial charge on any atom is 0.387 e. The van der Waals surface area contributed by atoms with Crippen molar-refractivity contribution in [2.45, 2.75) is 6.61 Å². The molecule has 3 rings (SSSR count). The van der Waals surface area contributed by atoms with E-state index in [1.807, 2.05) is 0 Å². The summed E-state index contributed by atoms with van der Waals surface area (Å²) in [5.74, 6) is -7.09. The quantitative estimate of drug-likeness (QED) is 0.696. The van der Waals surface area contributed by atoms with E-state index < -0.39 is 57.7 Å². The Balaban J connectivity index is 2.53. The van der Waals surface area contributed by atoms with Crippen LogP contribution in [0.3, 0.4) is 0 Å². The first-order valence-corrected chi connectivity index (χ1v) is 7.22. The number of ether oxygens (including phenoxy) is 1. The fourth-order valence-corrected chi connectivity index (χ4v) is 2.56. The van der Waals surface area contributed by atoms with Crippen molar-refractivity contribution in [2.24, 2.45) is 0 Å². The molecule has 0 aliphatic heterocycles. The highest BCUT2D eigenvalue weighted by Gasteiger charge is 2.25. The molecule has 0 bridgehead atoms. The molecule has 0 atom stereocenters. The van der Waals surface area contributed by atoms with Crippen LogP contribution in [0.2, 0.25) is 0 Å². The van der Waals surface area contributed by atoms with Gasteiger partial charge in [0.25, 0.3) is 0 Å². The molecular weight excluding hydrogens is 377 g/mol. The highest BCUT2D eigenvalue weighted by molar-refractivity contribution is 5.95. The summed E-state index contributed by atoms with van der Waals surface area (Å²) in [4.78, 5) is 23.6. The first kappa shape index (κ1) is 18.4. The molecule has 27 heavy (non-hydrogen) atoms. The van der Waals surface area contributed by atoms with E-state index in [1.54, 1.807) is 0 Å². The SMILES string of the molecule is O=C(O)c1cn(-c2ccc(F)cc2)c2c(OC(F)F)c(F)c(F)cc2c1=O. The topological polar surface area (TPSA) is 68.5 Å². The summed E-state index contributed by atoms with van der Waals surface area (Å²) in [6, 6.07) is 4.56. The van der Waals surface area contributed by atoms with Gasteiger partial charge in [0.1, 0.15) is 16.9 Å². The van der Waals surface area contributed by atoms with Crippen LogP contribution < -0.4 is 10.2 Å². The number of rotatable bonds is 4. The fourth-order valence-electron chi connectivity index (χ4n) is 2.56. The number of alkyl halides is 2. The average molecular weight is 385 g/mol. The van der Waals surface area contributed by atoms with Crippen LogP contribution >= 0.6 is 0 Å². The number of hydrogen-bond donors (Lipinski definition) is 1. The number of hydrogen-bond acceptors (Lipinski definition) is 3. The summed E-state index contributed by atoms with van der Waals surface area (Å²) >= 11 is 0. The molecule has 2 aromatic carbocycles. The standard InChI is InChI=1S/C17H8F5NO4/c18-7-1-3-8(4-2-7)23-6-10(16(25)26)14(24)9-5-11(19)12(20)15(13(9)23)27-17(21)22/h1-6,17H,(H,25,26). The van der Waals surface area contributed by atoms with Gasteiger partial charge in [-0.15, -0.1) is 0 Å². The minimum Gasteiger partial charge on any atom is -0.477 e. The Morgan fingerprint density at radius 2 is 1.74 bits per heavy atom. The Kier molecular flexibility index (Phi) is 4.56. The molecule has 140 valence electrons. The molecule has 1 N–H and O–H groups in total. The second-order valence-corrected chi connectivity index (χ2v) is 5.30. The highest BCUT2D eigenvalue weighted by Crippen LogP contribution is 2.33. The summed E-state index contributed by atoms with van der Waals surface area (Å²) in [7, 11) is 0. The summed E-state index contributed by atoms with van der Waals surface area (Å²) in [5, 5.41) is 8.49. The molecule has 0 spiro atoms. The van der Waals surface area contributed by atoms with Crippen molar-refractivity contribution in [1.29, 1.82) is 0 Å². The molecule has 0 saturated carbocycles. The molecule has 5 nitrogen and oxygen atoms in total. The zero-order valence-corrected chi connectivity index (χ0v) is 13.1. The smallest absolute Gasteiger partial charge is 0.387 e. The number of fused-ring (bicyclic) bond motifs is 1. The van der Waals surface area contributed by atoms with Gasteiger partial charge in [-0.1, -0.05) is 0 Å². The van der Waals surface area contributed by atoms with Crippen LogP contribution in [-0.4, -0.2) is 22.3 Å². The molecule has 3 aromatic rings. The molecule has 10 heteroatoms.